The van der Waals surface area contributed by atoms with Gasteiger partial charge in [0, 0.05) is 18.5 Å². The quantitative estimate of drug-likeness (QED) is 0.416. The molecule has 1 N–H and O–H groups in total. The van der Waals surface area contributed by atoms with Gasteiger partial charge < -0.3 is 24.4 Å². The molecule has 3 heterocycles. The molecule has 4 rings (SSSR count). The Balaban J connectivity index is 1.58. The molecule has 0 radical (unpaired) electrons. The van der Waals surface area contributed by atoms with Gasteiger partial charge in [-0.1, -0.05) is 30.9 Å². The number of carbonyl (C=O) groups excluding carboxylic acids is 2. The van der Waals surface area contributed by atoms with E-state index in [2.05, 4.69) is 6.58 Å². The largest absolute Gasteiger partial charge is 0.868 e. The van der Waals surface area contributed by atoms with Crippen LogP contribution in [0, 0.1) is 0 Å². The molecule has 1 saturated heterocycles. The van der Waals surface area contributed by atoms with E-state index in [0.717, 1.165) is 44.8 Å². The van der Waals surface area contributed by atoms with Crippen LogP contribution in [-0.2, 0) is 9.53 Å². The van der Waals surface area contributed by atoms with E-state index in [1.165, 1.54) is 16.2 Å². The molecule has 174 valence electrons. The van der Waals surface area contributed by atoms with Crippen molar-refractivity contribution in [3.05, 3.63) is 76.2 Å². The molecule has 33 heavy (non-hydrogen) atoms. The van der Waals surface area contributed by atoms with Gasteiger partial charge >= 0.3 is 0 Å². The minimum Gasteiger partial charge on any atom is -0.868 e. The predicted octanol–water partition coefficient (Wildman–Crippen LogP) is 0.999. The van der Waals surface area contributed by atoms with Crippen LogP contribution in [0.4, 0.5) is 0 Å². The van der Waals surface area contributed by atoms with E-state index in [-0.39, 0.29) is 11.4 Å². The highest BCUT2D eigenvalue weighted by Gasteiger charge is 2.39. The molecule has 1 aromatic heterocycles. The summed E-state index contributed by atoms with van der Waals surface area (Å²) in [5.74, 6) is -1.03. The summed E-state index contributed by atoms with van der Waals surface area (Å²) in [5, 5.41) is 14.8. The van der Waals surface area contributed by atoms with Crippen LogP contribution in [0.15, 0.2) is 65.8 Å². The molecule has 8 heteroatoms. The maximum Gasteiger partial charge on any atom is 0.239 e. The van der Waals surface area contributed by atoms with Crippen molar-refractivity contribution in [3.8, 4) is 5.75 Å². The van der Waals surface area contributed by atoms with E-state index in [1.54, 1.807) is 40.6 Å². The van der Waals surface area contributed by atoms with Crippen molar-refractivity contribution < 1.29 is 29.1 Å². The number of ether oxygens (including phenoxy) is 2. The molecule has 1 fully saturated rings. The fourth-order valence-corrected chi connectivity index (χ4v) is 4.98. The van der Waals surface area contributed by atoms with Gasteiger partial charge in [-0.25, -0.2) is 0 Å². The fourth-order valence-electron chi connectivity index (χ4n) is 4.30. The molecule has 1 unspecified atom stereocenters. The van der Waals surface area contributed by atoms with E-state index < -0.39 is 17.7 Å². The van der Waals surface area contributed by atoms with Gasteiger partial charge in [-0.05, 0) is 34.9 Å². The topological polar surface area (TPSA) is 83.3 Å². The standard InChI is InChI=1S/C25H28N2O5S/c1-2-14-32-19-8-6-18(7-9-19)22-21(23(28)20-5-3-17-33-20)24(29)25(30)27(22)11-4-10-26-12-15-31-16-13-26/h2-3,5-9,17,22,29H,1,4,10-16H2. The van der Waals surface area contributed by atoms with E-state index in [1.807, 2.05) is 12.1 Å². The lowest BCUT2D eigenvalue weighted by molar-refractivity contribution is -0.908. The number of benzene rings is 1. The van der Waals surface area contributed by atoms with E-state index in [4.69, 9.17) is 9.47 Å². The van der Waals surface area contributed by atoms with Crippen molar-refractivity contribution in [1.82, 2.24) is 4.90 Å². The number of quaternary nitrogens is 1. The average molecular weight is 469 g/mol. The second kappa shape index (κ2) is 10.8. The Hall–Kier alpha value is -2.94. The van der Waals surface area contributed by atoms with Crippen molar-refractivity contribution in [1.29, 1.82) is 0 Å². The number of rotatable bonds is 10. The summed E-state index contributed by atoms with van der Waals surface area (Å²) < 4.78 is 11.0. The third-order valence-electron chi connectivity index (χ3n) is 5.97. The number of morpholine rings is 1. The van der Waals surface area contributed by atoms with Gasteiger partial charge in [0.1, 0.15) is 25.4 Å². The van der Waals surface area contributed by atoms with Crippen molar-refractivity contribution >= 4 is 23.0 Å². The zero-order valence-electron chi connectivity index (χ0n) is 18.5. The Labute approximate surface area is 197 Å². The summed E-state index contributed by atoms with van der Waals surface area (Å²) in [7, 11) is 0. The van der Waals surface area contributed by atoms with Crippen molar-refractivity contribution in [2.45, 2.75) is 12.5 Å². The highest BCUT2D eigenvalue weighted by Crippen LogP contribution is 2.39. The van der Waals surface area contributed by atoms with Crippen LogP contribution in [0.3, 0.4) is 0 Å². The van der Waals surface area contributed by atoms with Gasteiger partial charge in [0.25, 0.3) is 0 Å². The Morgan fingerprint density at radius 3 is 2.70 bits per heavy atom. The summed E-state index contributed by atoms with van der Waals surface area (Å²) in [6, 6.07) is 9.96. The summed E-state index contributed by atoms with van der Waals surface area (Å²) in [6.07, 6.45) is 2.40. The van der Waals surface area contributed by atoms with Crippen LogP contribution in [0.5, 0.6) is 5.75 Å². The maximum atomic E-state index is 13.2. The third kappa shape index (κ3) is 5.19. The molecule has 1 aromatic carbocycles. The Kier molecular flexibility index (Phi) is 7.59. The van der Waals surface area contributed by atoms with Crippen molar-refractivity contribution in [2.75, 3.05) is 46.0 Å². The van der Waals surface area contributed by atoms with Crippen LogP contribution < -0.4 is 14.7 Å². The molecular formula is C25H28N2O5S. The zero-order chi connectivity index (χ0) is 23.2. The van der Waals surface area contributed by atoms with Gasteiger partial charge in [0.2, 0.25) is 11.7 Å². The number of nitrogens with one attached hydrogen (secondary N) is 1. The second-order valence-electron chi connectivity index (χ2n) is 8.08. The van der Waals surface area contributed by atoms with E-state index >= 15 is 0 Å². The molecule has 2 aliphatic rings. The van der Waals surface area contributed by atoms with Crippen LogP contribution in [-0.4, -0.2) is 62.6 Å². The molecule has 0 spiro atoms. The molecule has 0 aliphatic carbocycles. The second-order valence-corrected chi connectivity index (χ2v) is 9.03. The fraction of sp³-hybridized carbons (Fsp3) is 0.360. The monoisotopic (exact) mass is 468 g/mol. The number of hydrogen-bond acceptors (Lipinski definition) is 6. The van der Waals surface area contributed by atoms with Crippen LogP contribution >= 0.6 is 11.3 Å². The number of amides is 1. The normalized spacial score (nSPS) is 19.2. The average Bonchev–Trinajstić information content (AvgIpc) is 3.47. The van der Waals surface area contributed by atoms with E-state index in [9.17, 15) is 14.7 Å². The third-order valence-corrected chi connectivity index (χ3v) is 6.84. The molecule has 7 nitrogen and oxygen atoms in total. The van der Waals surface area contributed by atoms with Crippen molar-refractivity contribution in [3.63, 3.8) is 0 Å². The van der Waals surface area contributed by atoms with E-state index in [0.29, 0.717) is 23.8 Å². The number of hydrogen-bond donors (Lipinski definition) is 1. The predicted molar refractivity (Wildman–Crippen MR) is 123 cm³/mol. The molecule has 2 aliphatic heterocycles. The first-order chi connectivity index (χ1) is 16.1. The number of ketones is 1. The summed E-state index contributed by atoms with van der Waals surface area (Å²) >= 11 is 1.27. The summed E-state index contributed by atoms with van der Waals surface area (Å²) in [4.78, 5) is 29.7. The maximum absolute atomic E-state index is 13.2. The molecule has 0 saturated carbocycles. The number of carbonyl (C=O) groups is 2. The molecule has 2 aromatic rings. The van der Waals surface area contributed by atoms with Crippen LogP contribution in [0.2, 0.25) is 0 Å². The number of thiophene rings is 1. The van der Waals surface area contributed by atoms with Gasteiger partial charge in [0.15, 0.2) is 0 Å². The molecule has 1 amide bonds. The van der Waals surface area contributed by atoms with Crippen LogP contribution in [0.1, 0.15) is 27.7 Å². The minimum absolute atomic E-state index is 0.0286. The van der Waals surface area contributed by atoms with Gasteiger partial charge in [0.05, 0.1) is 30.7 Å². The zero-order valence-corrected chi connectivity index (χ0v) is 19.3. The SMILES string of the molecule is C=CCOc1ccc(C2C(C(=O)c3cccs3)=C([O-])C(=O)N2CCC[NH+]2CCOCC2)cc1. The van der Waals surface area contributed by atoms with Gasteiger partial charge in [-0.2, -0.15) is 0 Å². The lowest BCUT2D eigenvalue weighted by Crippen LogP contribution is -3.14. The lowest BCUT2D eigenvalue weighted by atomic mass is 9.95. The first-order valence-electron chi connectivity index (χ1n) is 11.2. The number of nitrogens with zero attached hydrogens (tertiary/aromatic N) is 1. The Morgan fingerprint density at radius 2 is 2.03 bits per heavy atom. The molecule has 1 atom stereocenters. The minimum atomic E-state index is -0.705. The lowest BCUT2D eigenvalue weighted by Gasteiger charge is -2.29. The van der Waals surface area contributed by atoms with Gasteiger partial charge in [-0.3, -0.25) is 9.59 Å². The van der Waals surface area contributed by atoms with Crippen molar-refractivity contribution in [2.24, 2.45) is 0 Å². The molecular weight excluding hydrogens is 440 g/mol. The molecule has 0 bridgehead atoms. The Bertz CT molecular complexity index is 1010. The highest BCUT2D eigenvalue weighted by atomic mass is 32.1. The van der Waals surface area contributed by atoms with Crippen LogP contribution in [0.25, 0.3) is 0 Å². The Morgan fingerprint density at radius 1 is 1.27 bits per heavy atom. The first kappa shape index (κ1) is 23.2. The smallest absolute Gasteiger partial charge is 0.239 e. The highest BCUT2D eigenvalue weighted by molar-refractivity contribution is 7.12. The summed E-state index contributed by atoms with van der Waals surface area (Å²) in [5.41, 5.74) is 0.750. The number of Topliss-reactive ketones (excluding diaryl/α,β-unsaturated/α-hetero) is 1. The first-order valence-corrected chi connectivity index (χ1v) is 12.0. The van der Waals surface area contributed by atoms with Gasteiger partial charge in [-0.15, -0.1) is 11.3 Å². The summed E-state index contributed by atoms with van der Waals surface area (Å²) in [6.45, 7) is 8.69.